The molecule has 0 unspecified atom stereocenters. The van der Waals surface area contributed by atoms with E-state index in [0.717, 1.165) is 25.7 Å². The van der Waals surface area contributed by atoms with Crippen molar-refractivity contribution >= 4 is 5.78 Å². The Morgan fingerprint density at radius 1 is 1.24 bits per heavy atom. The molecule has 0 saturated carbocycles. The zero-order chi connectivity index (χ0) is 12.7. The summed E-state index contributed by atoms with van der Waals surface area (Å²) >= 11 is 0. The van der Waals surface area contributed by atoms with Crippen LogP contribution in [0, 0.1) is 12.7 Å². The summed E-state index contributed by atoms with van der Waals surface area (Å²) in [6.45, 7) is 2.39. The molecular weight excluding hydrogens is 217 g/mol. The number of halogens is 1. The van der Waals surface area contributed by atoms with Gasteiger partial charge < -0.3 is 5.73 Å². The molecule has 3 heteroatoms. The number of unbranched alkanes of at least 4 members (excludes halogenated alkanes) is 3. The van der Waals surface area contributed by atoms with Crippen LogP contribution in [0.2, 0.25) is 0 Å². The van der Waals surface area contributed by atoms with Gasteiger partial charge in [-0.2, -0.15) is 0 Å². The van der Waals surface area contributed by atoms with Crippen LogP contribution in [0.4, 0.5) is 4.39 Å². The molecule has 0 spiro atoms. The average Bonchev–Trinajstić information content (AvgIpc) is 2.32. The van der Waals surface area contributed by atoms with Crippen LogP contribution in [0.1, 0.15) is 48.0 Å². The van der Waals surface area contributed by atoms with Crippen LogP contribution in [-0.2, 0) is 0 Å². The number of Topliss-reactive ketones (excluding diaryl/α,β-unsaturated/α-hetero) is 1. The van der Waals surface area contributed by atoms with E-state index in [9.17, 15) is 9.18 Å². The van der Waals surface area contributed by atoms with Crippen molar-refractivity contribution in [1.82, 2.24) is 0 Å². The summed E-state index contributed by atoms with van der Waals surface area (Å²) in [7, 11) is 0. The third-order valence-electron chi connectivity index (χ3n) is 2.84. The van der Waals surface area contributed by atoms with E-state index >= 15 is 0 Å². The number of aryl methyl sites for hydroxylation is 1. The van der Waals surface area contributed by atoms with Gasteiger partial charge in [-0.05, 0) is 50.1 Å². The van der Waals surface area contributed by atoms with Gasteiger partial charge in [-0.3, -0.25) is 4.79 Å². The molecule has 0 radical (unpaired) electrons. The molecule has 1 aromatic carbocycles. The maximum Gasteiger partial charge on any atom is 0.162 e. The fourth-order valence-corrected chi connectivity index (χ4v) is 1.75. The first kappa shape index (κ1) is 13.8. The first-order valence-corrected chi connectivity index (χ1v) is 6.14. The number of hydrogen-bond acceptors (Lipinski definition) is 2. The molecule has 0 aliphatic heterocycles. The highest BCUT2D eigenvalue weighted by Gasteiger charge is 2.07. The molecule has 0 aliphatic rings. The zero-order valence-corrected chi connectivity index (χ0v) is 10.3. The highest BCUT2D eigenvalue weighted by atomic mass is 19.1. The van der Waals surface area contributed by atoms with Crippen LogP contribution in [0.25, 0.3) is 0 Å². The van der Waals surface area contributed by atoms with Crippen LogP contribution in [-0.4, -0.2) is 12.3 Å². The Bertz CT molecular complexity index is 376. The van der Waals surface area contributed by atoms with Crippen molar-refractivity contribution in [2.24, 2.45) is 5.73 Å². The van der Waals surface area contributed by atoms with Gasteiger partial charge in [0.15, 0.2) is 5.78 Å². The van der Waals surface area contributed by atoms with Gasteiger partial charge in [-0.1, -0.05) is 12.8 Å². The first-order chi connectivity index (χ1) is 8.15. The SMILES string of the molecule is Cc1cc(C(=O)CCCCCCN)ccc1F. The van der Waals surface area contributed by atoms with Gasteiger partial charge in [0.05, 0.1) is 0 Å². The number of carbonyl (C=O) groups is 1. The second kappa shape index (κ2) is 7.17. The van der Waals surface area contributed by atoms with Gasteiger partial charge >= 0.3 is 0 Å². The van der Waals surface area contributed by atoms with Gasteiger partial charge in [0, 0.05) is 12.0 Å². The average molecular weight is 237 g/mol. The van der Waals surface area contributed by atoms with Crippen molar-refractivity contribution in [3.63, 3.8) is 0 Å². The molecule has 94 valence electrons. The van der Waals surface area contributed by atoms with E-state index in [2.05, 4.69) is 0 Å². The molecule has 17 heavy (non-hydrogen) atoms. The third-order valence-corrected chi connectivity index (χ3v) is 2.84. The quantitative estimate of drug-likeness (QED) is 0.584. The predicted octanol–water partition coefficient (Wildman–Crippen LogP) is 3.23. The van der Waals surface area contributed by atoms with E-state index in [1.54, 1.807) is 19.1 Å². The number of rotatable bonds is 7. The predicted molar refractivity (Wildman–Crippen MR) is 67.6 cm³/mol. The molecule has 0 atom stereocenters. The highest BCUT2D eigenvalue weighted by molar-refractivity contribution is 5.96. The second-order valence-electron chi connectivity index (χ2n) is 4.34. The van der Waals surface area contributed by atoms with Crippen molar-refractivity contribution in [2.75, 3.05) is 6.54 Å². The lowest BCUT2D eigenvalue weighted by Crippen LogP contribution is -2.01. The van der Waals surface area contributed by atoms with Crippen molar-refractivity contribution in [1.29, 1.82) is 0 Å². The van der Waals surface area contributed by atoms with Crippen molar-refractivity contribution in [3.8, 4) is 0 Å². The minimum Gasteiger partial charge on any atom is -0.330 e. The van der Waals surface area contributed by atoms with E-state index in [4.69, 9.17) is 5.73 Å². The number of nitrogens with two attached hydrogens (primary N) is 1. The molecule has 2 N–H and O–H groups in total. The van der Waals surface area contributed by atoms with Gasteiger partial charge in [-0.15, -0.1) is 0 Å². The van der Waals surface area contributed by atoms with Gasteiger partial charge in [-0.25, -0.2) is 4.39 Å². The molecule has 0 saturated heterocycles. The van der Waals surface area contributed by atoms with Crippen LogP contribution < -0.4 is 5.73 Å². The number of hydrogen-bond donors (Lipinski definition) is 1. The van der Waals surface area contributed by atoms with Crippen LogP contribution in [0.3, 0.4) is 0 Å². The summed E-state index contributed by atoms with van der Waals surface area (Å²) < 4.78 is 13.0. The van der Waals surface area contributed by atoms with E-state index in [1.807, 2.05) is 0 Å². The summed E-state index contributed by atoms with van der Waals surface area (Å²) in [5, 5.41) is 0. The summed E-state index contributed by atoms with van der Waals surface area (Å²) in [4.78, 5) is 11.8. The Morgan fingerprint density at radius 2 is 1.94 bits per heavy atom. The molecule has 0 aromatic heterocycles. The maximum atomic E-state index is 13.0. The Morgan fingerprint density at radius 3 is 2.59 bits per heavy atom. The standard InChI is InChI=1S/C14H20FNO/c1-11-10-12(7-8-13(11)15)14(17)6-4-2-3-5-9-16/h7-8,10H,2-6,9,16H2,1H3. The molecule has 0 bridgehead atoms. The minimum atomic E-state index is -0.260. The Hall–Kier alpha value is -1.22. The van der Waals surface area contributed by atoms with E-state index in [-0.39, 0.29) is 11.6 Å². The second-order valence-corrected chi connectivity index (χ2v) is 4.34. The number of benzene rings is 1. The topological polar surface area (TPSA) is 43.1 Å². The summed E-state index contributed by atoms with van der Waals surface area (Å²) in [6.07, 6.45) is 4.55. The van der Waals surface area contributed by atoms with Crippen molar-refractivity contribution in [2.45, 2.75) is 39.0 Å². The molecule has 1 rings (SSSR count). The first-order valence-electron chi connectivity index (χ1n) is 6.14. The Kier molecular flexibility index (Phi) is 5.84. The van der Waals surface area contributed by atoms with Gasteiger partial charge in [0.2, 0.25) is 0 Å². The lowest BCUT2D eigenvalue weighted by molar-refractivity contribution is 0.0979. The molecular formula is C14H20FNO. The highest BCUT2D eigenvalue weighted by Crippen LogP contribution is 2.13. The van der Waals surface area contributed by atoms with Crippen molar-refractivity contribution < 1.29 is 9.18 Å². The Balaban J connectivity index is 2.39. The van der Waals surface area contributed by atoms with E-state index in [0.29, 0.717) is 24.1 Å². The molecule has 2 nitrogen and oxygen atoms in total. The number of ketones is 1. The molecule has 1 aromatic rings. The van der Waals surface area contributed by atoms with E-state index in [1.165, 1.54) is 6.07 Å². The van der Waals surface area contributed by atoms with Crippen LogP contribution >= 0.6 is 0 Å². The number of carbonyl (C=O) groups excluding carboxylic acids is 1. The summed E-state index contributed by atoms with van der Waals surface area (Å²) in [6, 6.07) is 4.54. The van der Waals surface area contributed by atoms with E-state index < -0.39 is 0 Å². The summed E-state index contributed by atoms with van der Waals surface area (Å²) in [5.74, 6) is -0.162. The van der Waals surface area contributed by atoms with Crippen molar-refractivity contribution in [3.05, 3.63) is 35.1 Å². The summed E-state index contributed by atoms with van der Waals surface area (Å²) in [5.41, 5.74) is 6.53. The molecule has 0 amide bonds. The molecule has 0 aliphatic carbocycles. The fraction of sp³-hybridized carbons (Fsp3) is 0.500. The van der Waals surface area contributed by atoms with Crippen LogP contribution in [0.15, 0.2) is 18.2 Å². The normalized spacial score (nSPS) is 10.5. The van der Waals surface area contributed by atoms with Gasteiger partial charge in [0.1, 0.15) is 5.82 Å². The van der Waals surface area contributed by atoms with Gasteiger partial charge in [0.25, 0.3) is 0 Å². The third kappa shape index (κ3) is 4.65. The Labute approximate surface area is 102 Å². The lowest BCUT2D eigenvalue weighted by Gasteiger charge is -2.03. The molecule has 0 fully saturated rings. The maximum absolute atomic E-state index is 13.0. The lowest BCUT2D eigenvalue weighted by atomic mass is 10.0. The molecule has 0 heterocycles. The zero-order valence-electron chi connectivity index (χ0n) is 10.3. The minimum absolute atomic E-state index is 0.0980. The monoisotopic (exact) mass is 237 g/mol. The smallest absolute Gasteiger partial charge is 0.162 e. The fourth-order valence-electron chi connectivity index (χ4n) is 1.75. The largest absolute Gasteiger partial charge is 0.330 e. The van der Waals surface area contributed by atoms with Crippen LogP contribution in [0.5, 0.6) is 0 Å².